The minimum absolute atomic E-state index is 0.0238. The molecule has 6 amide bonds. The molecule has 1 aliphatic rings. The third-order valence-electron chi connectivity index (χ3n) is 8.99. The highest BCUT2D eigenvalue weighted by molar-refractivity contribution is 6.38. The first-order chi connectivity index (χ1) is 24.6. The Bertz CT molecular complexity index is 1360. The highest BCUT2D eigenvalue weighted by Crippen LogP contribution is 2.28. The molecule has 4 N–H and O–H groups in total. The molecule has 0 heterocycles. The van der Waals surface area contributed by atoms with Crippen molar-refractivity contribution in [3.63, 3.8) is 0 Å². The van der Waals surface area contributed by atoms with Crippen molar-refractivity contribution in [1.29, 1.82) is 0 Å². The number of rotatable bonds is 19. The van der Waals surface area contributed by atoms with Crippen molar-refractivity contribution >= 4 is 41.4 Å². The highest BCUT2D eigenvalue weighted by atomic mass is 16.5. The predicted octanol–water partition coefficient (Wildman–Crippen LogP) is 3.11. The van der Waals surface area contributed by atoms with Gasteiger partial charge in [0.25, 0.3) is 5.91 Å². The van der Waals surface area contributed by atoms with E-state index in [0.717, 1.165) is 32.1 Å². The van der Waals surface area contributed by atoms with Crippen molar-refractivity contribution in [2.75, 3.05) is 34.3 Å². The molecule has 14 heteroatoms. The molecule has 2 rings (SSSR count). The molecule has 1 aromatic carbocycles. The number of amides is 6. The molecule has 4 atom stereocenters. The molecule has 1 saturated carbocycles. The van der Waals surface area contributed by atoms with Gasteiger partial charge in [-0.1, -0.05) is 90.6 Å². The number of carbonyl (C=O) groups excluding carboxylic acids is 7. The maximum absolute atomic E-state index is 14.1. The Balaban J connectivity index is 2.18. The van der Waals surface area contributed by atoms with E-state index in [1.54, 1.807) is 51.4 Å². The highest BCUT2D eigenvalue weighted by Gasteiger charge is 2.39. The number of hydrogen-bond acceptors (Lipinski definition) is 8. The first-order valence-corrected chi connectivity index (χ1v) is 18.4. The van der Waals surface area contributed by atoms with Crippen molar-refractivity contribution in [2.45, 2.75) is 110 Å². The zero-order chi connectivity index (χ0) is 39.0. The first-order valence-electron chi connectivity index (χ1n) is 18.4. The third kappa shape index (κ3) is 13.9. The van der Waals surface area contributed by atoms with E-state index >= 15 is 0 Å². The van der Waals surface area contributed by atoms with E-state index in [2.05, 4.69) is 21.3 Å². The van der Waals surface area contributed by atoms with Gasteiger partial charge in [-0.15, -0.1) is 0 Å². The summed E-state index contributed by atoms with van der Waals surface area (Å²) in [7, 11) is 4.63. The molecule has 1 fully saturated rings. The number of alkyl carbamates (subject to hydrolysis) is 1. The maximum Gasteiger partial charge on any atom is 0.407 e. The molecule has 0 aromatic heterocycles. The molecular formula is C38H60N6O8. The van der Waals surface area contributed by atoms with Crippen LogP contribution in [0.1, 0.15) is 97.6 Å². The van der Waals surface area contributed by atoms with Crippen LogP contribution in [0.5, 0.6) is 0 Å². The Morgan fingerprint density at radius 3 is 2.02 bits per heavy atom. The molecule has 3 unspecified atom stereocenters. The second-order valence-corrected chi connectivity index (χ2v) is 14.6. The molecule has 290 valence electrons. The van der Waals surface area contributed by atoms with Gasteiger partial charge in [-0.25, -0.2) is 4.79 Å². The van der Waals surface area contributed by atoms with Crippen molar-refractivity contribution in [3.05, 3.63) is 35.9 Å². The lowest BCUT2D eigenvalue weighted by Crippen LogP contribution is -2.59. The Morgan fingerprint density at radius 1 is 0.827 bits per heavy atom. The fourth-order valence-corrected chi connectivity index (χ4v) is 6.15. The second kappa shape index (κ2) is 21.8. The molecule has 1 aliphatic carbocycles. The predicted molar refractivity (Wildman–Crippen MR) is 197 cm³/mol. The molecule has 0 saturated heterocycles. The van der Waals surface area contributed by atoms with Crippen LogP contribution in [-0.4, -0.2) is 104 Å². The van der Waals surface area contributed by atoms with Gasteiger partial charge in [0.2, 0.25) is 29.4 Å². The van der Waals surface area contributed by atoms with Crippen LogP contribution in [0.15, 0.2) is 30.3 Å². The van der Waals surface area contributed by atoms with E-state index in [1.807, 2.05) is 27.7 Å². The first kappa shape index (κ1) is 43.7. The van der Waals surface area contributed by atoms with Crippen LogP contribution in [0.2, 0.25) is 0 Å². The Labute approximate surface area is 308 Å². The summed E-state index contributed by atoms with van der Waals surface area (Å²) >= 11 is 0. The summed E-state index contributed by atoms with van der Waals surface area (Å²) in [5.41, 5.74) is 0.550. The topological polar surface area (TPSA) is 183 Å². The summed E-state index contributed by atoms with van der Waals surface area (Å²) in [5, 5.41) is 10.4. The molecule has 52 heavy (non-hydrogen) atoms. The largest absolute Gasteiger partial charge is 0.449 e. The number of ether oxygens (including phenoxy) is 1. The lowest BCUT2D eigenvalue weighted by molar-refractivity contribution is -0.144. The standard InChI is InChI=1S/C38H60N6O8/c1-9-16-28(33(46)35(48)39-22-30(45)41-31(36(49)43(6)7)26-17-12-10-13-18-26)40-34(47)29(21-24(2)3)44(8)37(50)32(27-19-14-11-15-20-27)42-38(51)52-23-25(4)5/h10,12-13,17-18,24-25,27-29,31-32H,9,11,14-16,19-23H2,1-8H3,(H,39,48)(H,40,47)(H,41,45)(H,42,51)/t28?,29?,31?,32-/m0/s1. The molecule has 0 spiro atoms. The van der Waals surface area contributed by atoms with Crippen molar-refractivity contribution in [1.82, 2.24) is 31.1 Å². The van der Waals surface area contributed by atoms with Gasteiger partial charge >= 0.3 is 6.09 Å². The normalized spacial score (nSPS) is 15.4. The van der Waals surface area contributed by atoms with Gasteiger partial charge in [0.1, 0.15) is 18.1 Å². The van der Waals surface area contributed by atoms with E-state index in [4.69, 9.17) is 4.74 Å². The lowest BCUT2D eigenvalue weighted by atomic mass is 9.83. The van der Waals surface area contributed by atoms with Gasteiger partial charge < -0.3 is 35.8 Å². The van der Waals surface area contributed by atoms with Gasteiger partial charge in [-0.2, -0.15) is 0 Å². The second-order valence-electron chi connectivity index (χ2n) is 14.6. The molecule has 0 aliphatic heterocycles. The number of benzene rings is 1. The number of nitrogens with one attached hydrogen (secondary N) is 4. The van der Waals surface area contributed by atoms with E-state index < -0.39 is 66.2 Å². The molecule has 0 radical (unpaired) electrons. The maximum atomic E-state index is 14.1. The lowest BCUT2D eigenvalue weighted by Gasteiger charge is -2.36. The van der Waals surface area contributed by atoms with Crippen LogP contribution in [0.3, 0.4) is 0 Å². The van der Waals surface area contributed by atoms with E-state index in [1.165, 1.54) is 16.8 Å². The van der Waals surface area contributed by atoms with Crippen molar-refractivity contribution in [3.8, 4) is 0 Å². The summed E-state index contributed by atoms with van der Waals surface area (Å²) in [5.74, 6) is -4.17. The quantitative estimate of drug-likeness (QED) is 0.157. The van der Waals surface area contributed by atoms with Gasteiger partial charge in [0.05, 0.1) is 19.2 Å². The monoisotopic (exact) mass is 728 g/mol. The van der Waals surface area contributed by atoms with Crippen molar-refractivity contribution < 1.29 is 38.3 Å². The summed E-state index contributed by atoms with van der Waals surface area (Å²) in [6, 6.07) is 4.51. The number of carbonyl (C=O) groups is 7. The van der Waals surface area contributed by atoms with Crippen LogP contribution in [0.25, 0.3) is 0 Å². The average Bonchev–Trinajstić information content (AvgIpc) is 3.12. The van der Waals surface area contributed by atoms with E-state index in [9.17, 15) is 33.6 Å². The number of ketones is 1. The van der Waals surface area contributed by atoms with Gasteiger partial charge in [-0.3, -0.25) is 28.8 Å². The number of Topliss-reactive ketones (excluding diaryl/α,β-unsaturated/α-hetero) is 1. The zero-order valence-corrected chi connectivity index (χ0v) is 32.2. The number of likely N-dealkylation sites (N-methyl/N-ethyl adjacent to an activating group) is 2. The summed E-state index contributed by atoms with van der Waals surface area (Å²) in [4.78, 5) is 95.3. The minimum Gasteiger partial charge on any atom is -0.449 e. The fourth-order valence-electron chi connectivity index (χ4n) is 6.15. The Hall–Kier alpha value is -4.49. The van der Waals surface area contributed by atoms with Crippen LogP contribution in [0, 0.1) is 17.8 Å². The van der Waals surface area contributed by atoms with Gasteiger partial charge in [0.15, 0.2) is 0 Å². The summed E-state index contributed by atoms with van der Waals surface area (Å²) in [6.07, 6.45) is 4.53. The molecule has 14 nitrogen and oxygen atoms in total. The zero-order valence-electron chi connectivity index (χ0n) is 32.2. The molecular weight excluding hydrogens is 668 g/mol. The van der Waals surface area contributed by atoms with Gasteiger partial charge in [-0.05, 0) is 49.0 Å². The Kier molecular flexibility index (Phi) is 18.3. The number of nitrogens with zero attached hydrogens (tertiary/aromatic N) is 2. The van der Waals surface area contributed by atoms with Crippen LogP contribution >= 0.6 is 0 Å². The van der Waals surface area contributed by atoms with Crippen LogP contribution < -0.4 is 21.3 Å². The minimum atomic E-state index is -1.22. The molecule has 0 bridgehead atoms. The SMILES string of the molecule is CCCC(NC(=O)C(CC(C)C)N(C)C(=O)[C@@H](NC(=O)OCC(C)C)C1CCCCC1)C(=O)C(=O)NCC(=O)NC(C(=O)N(C)C)c1ccccc1. The average molecular weight is 729 g/mol. The summed E-state index contributed by atoms with van der Waals surface area (Å²) in [6.45, 7) is 9.04. The van der Waals surface area contributed by atoms with Crippen LogP contribution in [-0.2, 0) is 33.5 Å². The molecule has 1 aromatic rings. The third-order valence-corrected chi connectivity index (χ3v) is 8.99. The Morgan fingerprint density at radius 2 is 1.46 bits per heavy atom. The van der Waals surface area contributed by atoms with Gasteiger partial charge in [0, 0.05) is 21.1 Å². The smallest absolute Gasteiger partial charge is 0.407 e. The van der Waals surface area contributed by atoms with E-state index in [0.29, 0.717) is 12.0 Å². The van der Waals surface area contributed by atoms with Crippen molar-refractivity contribution in [2.24, 2.45) is 17.8 Å². The van der Waals surface area contributed by atoms with E-state index in [-0.39, 0.29) is 43.1 Å². The number of hydrogen-bond donors (Lipinski definition) is 4. The fraction of sp³-hybridized carbons (Fsp3) is 0.658. The van der Waals surface area contributed by atoms with Crippen LogP contribution in [0.4, 0.5) is 4.79 Å². The summed E-state index contributed by atoms with van der Waals surface area (Å²) < 4.78 is 5.33.